The fourth-order valence-electron chi connectivity index (χ4n) is 0.811. The van der Waals surface area contributed by atoms with Gasteiger partial charge >= 0.3 is 64.1 Å². The molecule has 1 aromatic rings. The fraction of sp³-hybridized carbons (Fsp3) is 0.200. The largest absolute Gasteiger partial charge is 1.00 e. The van der Waals surface area contributed by atoms with Gasteiger partial charge in [0, 0.05) is 12.3 Å². The molecule has 1 N–H and O–H groups in total. The molecule has 0 saturated heterocycles. The molecule has 0 amide bonds. The van der Waals surface area contributed by atoms with E-state index < -0.39 is 24.7 Å². The van der Waals surface area contributed by atoms with E-state index in [1.807, 2.05) is 0 Å². The van der Waals surface area contributed by atoms with E-state index in [4.69, 9.17) is 0 Å². The van der Waals surface area contributed by atoms with Gasteiger partial charge in [0.25, 0.3) is 5.56 Å². The third-order valence-corrected chi connectivity index (χ3v) is 1.30. The molecule has 0 saturated carbocycles. The van der Waals surface area contributed by atoms with Crippen LogP contribution in [-0.4, -0.2) is 16.5 Å². The molecule has 1 heterocycles. The van der Waals surface area contributed by atoms with Crippen LogP contribution in [0.1, 0.15) is 0 Å². The van der Waals surface area contributed by atoms with Crippen LogP contribution in [0.2, 0.25) is 0 Å². The van der Waals surface area contributed by atoms with E-state index in [2.05, 4.69) is 0 Å². The summed E-state index contributed by atoms with van der Waals surface area (Å²) >= 11 is 0. The van der Waals surface area contributed by atoms with Crippen LogP contribution in [0.15, 0.2) is 21.9 Å². The first-order valence-electron chi connectivity index (χ1n) is 3.39. The number of aromatic nitrogens is 2. The SMILES string of the molecule is O=c1ccn(C[B-](F)(F)F)c(=O)[nH]1.[K+]. The van der Waals surface area contributed by atoms with Gasteiger partial charge in [0.15, 0.2) is 0 Å². The first-order valence-corrected chi connectivity index (χ1v) is 3.39. The maximum absolute atomic E-state index is 11.8. The van der Waals surface area contributed by atoms with Crippen molar-refractivity contribution in [3.8, 4) is 0 Å². The average molecular weight is 232 g/mol. The number of nitrogens with zero attached hydrogens (tertiary/aromatic N) is 1. The number of rotatable bonds is 2. The standard InChI is InChI=1S/C5H5BF3N2O2.K/c7-6(8,9)3-11-2-1-4(12)10-5(11)13;/h1-2H,3H2,(H,10,12,13);/q-1;+1. The van der Waals surface area contributed by atoms with E-state index in [0.717, 1.165) is 12.3 Å². The fourth-order valence-corrected chi connectivity index (χ4v) is 0.811. The van der Waals surface area contributed by atoms with Gasteiger partial charge in [-0.3, -0.25) is 9.78 Å². The van der Waals surface area contributed by atoms with E-state index in [-0.39, 0.29) is 51.4 Å². The summed E-state index contributed by atoms with van der Waals surface area (Å²) in [6.45, 7) is -5.07. The minimum absolute atomic E-state index is 0. The molecule has 1 rings (SSSR count). The summed E-state index contributed by atoms with van der Waals surface area (Å²) in [5.74, 6) is 0. The quantitative estimate of drug-likeness (QED) is 0.550. The summed E-state index contributed by atoms with van der Waals surface area (Å²) in [4.78, 5) is 22.9. The molecule has 0 bridgehead atoms. The molecular formula is C5H5BF3KN2O2. The maximum atomic E-state index is 11.8. The first-order chi connectivity index (χ1) is 5.88. The average Bonchev–Trinajstić information content (AvgIpc) is 1.93. The molecule has 72 valence electrons. The van der Waals surface area contributed by atoms with Crippen molar-refractivity contribution in [3.05, 3.63) is 33.1 Å². The third kappa shape index (κ3) is 4.60. The Morgan fingerprint density at radius 3 is 2.36 bits per heavy atom. The molecule has 9 heteroatoms. The summed E-state index contributed by atoms with van der Waals surface area (Å²) in [6, 6.07) is 0.864. The second-order valence-corrected chi connectivity index (χ2v) is 2.47. The summed E-state index contributed by atoms with van der Waals surface area (Å²) in [5.41, 5.74) is -1.76. The van der Waals surface area contributed by atoms with E-state index in [0.29, 0.717) is 4.57 Å². The predicted octanol–water partition coefficient (Wildman–Crippen LogP) is -3.07. The Balaban J connectivity index is 0.00000169. The van der Waals surface area contributed by atoms with Crippen molar-refractivity contribution in [1.29, 1.82) is 0 Å². The zero-order valence-corrected chi connectivity index (χ0v) is 10.5. The number of hydrogen-bond acceptors (Lipinski definition) is 2. The van der Waals surface area contributed by atoms with Gasteiger partial charge in [-0.15, -0.1) is 0 Å². The Morgan fingerprint density at radius 2 is 1.93 bits per heavy atom. The number of nitrogens with one attached hydrogen (secondary N) is 1. The summed E-state index contributed by atoms with van der Waals surface area (Å²) in [7, 11) is 0. The monoisotopic (exact) mass is 232 g/mol. The number of hydrogen-bond donors (Lipinski definition) is 1. The van der Waals surface area contributed by atoms with E-state index in [1.54, 1.807) is 4.98 Å². The molecule has 4 nitrogen and oxygen atoms in total. The van der Waals surface area contributed by atoms with Crippen molar-refractivity contribution < 1.29 is 64.3 Å². The van der Waals surface area contributed by atoms with Gasteiger partial charge in [0.05, 0.1) is 0 Å². The molecule has 0 atom stereocenters. The van der Waals surface area contributed by atoms with Crippen molar-refractivity contribution in [2.45, 2.75) is 6.44 Å². The van der Waals surface area contributed by atoms with Gasteiger partial charge in [-0.2, -0.15) is 0 Å². The van der Waals surface area contributed by atoms with Crippen LogP contribution in [0, 0.1) is 0 Å². The van der Waals surface area contributed by atoms with Gasteiger partial charge in [-0.25, -0.2) is 4.79 Å². The van der Waals surface area contributed by atoms with Crippen molar-refractivity contribution >= 4 is 6.98 Å². The number of aromatic amines is 1. The van der Waals surface area contributed by atoms with Crippen LogP contribution in [0.3, 0.4) is 0 Å². The van der Waals surface area contributed by atoms with Crippen molar-refractivity contribution in [2.24, 2.45) is 0 Å². The Hall–Kier alpha value is 0.171. The van der Waals surface area contributed by atoms with E-state index in [9.17, 15) is 22.5 Å². The molecular weight excluding hydrogens is 227 g/mol. The smallest absolute Gasteiger partial charge is 0.448 e. The van der Waals surface area contributed by atoms with Crippen LogP contribution in [0.4, 0.5) is 12.9 Å². The van der Waals surface area contributed by atoms with Crippen LogP contribution >= 0.6 is 0 Å². The first kappa shape index (κ1) is 14.2. The molecule has 1 aromatic heterocycles. The summed E-state index contributed by atoms with van der Waals surface area (Å²) in [5, 5.41) is 0. The Kier molecular flexibility index (Phi) is 5.37. The van der Waals surface area contributed by atoms with E-state index >= 15 is 0 Å². The summed E-state index contributed by atoms with van der Waals surface area (Å²) < 4.78 is 35.9. The second-order valence-electron chi connectivity index (χ2n) is 2.47. The molecule has 14 heavy (non-hydrogen) atoms. The minimum Gasteiger partial charge on any atom is -0.448 e. The zero-order valence-electron chi connectivity index (χ0n) is 7.34. The van der Waals surface area contributed by atoms with Crippen LogP contribution in [-0.2, 0) is 6.44 Å². The Bertz CT molecular complexity index is 412. The van der Waals surface area contributed by atoms with Gasteiger partial charge in [-0.1, -0.05) is 0 Å². The number of halogens is 3. The molecule has 0 aliphatic carbocycles. The van der Waals surface area contributed by atoms with Gasteiger partial charge < -0.3 is 17.5 Å². The normalized spacial score (nSPS) is 10.8. The van der Waals surface area contributed by atoms with Crippen LogP contribution in [0.5, 0.6) is 0 Å². The van der Waals surface area contributed by atoms with Crippen molar-refractivity contribution in [2.75, 3.05) is 0 Å². The van der Waals surface area contributed by atoms with Gasteiger partial charge in [-0.05, 0) is 6.44 Å². The third-order valence-electron chi connectivity index (χ3n) is 1.30. The van der Waals surface area contributed by atoms with Crippen LogP contribution in [0.25, 0.3) is 0 Å². The van der Waals surface area contributed by atoms with Gasteiger partial charge in [0.1, 0.15) is 0 Å². The molecule has 0 aromatic carbocycles. The van der Waals surface area contributed by atoms with Gasteiger partial charge in [0.2, 0.25) is 0 Å². The summed E-state index contributed by atoms with van der Waals surface area (Å²) in [6.07, 6.45) is -0.522. The second kappa shape index (κ2) is 5.31. The molecule has 0 spiro atoms. The number of H-pyrrole nitrogens is 1. The van der Waals surface area contributed by atoms with Crippen molar-refractivity contribution in [3.63, 3.8) is 0 Å². The van der Waals surface area contributed by atoms with Crippen molar-refractivity contribution in [1.82, 2.24) is 9.55 Å². The molecule has 0 radical (unpaired) electrons. The topological polar surface area (TPSA) is 54.9 Å². The zero-order chi connectivity index (χ0) is 10.1. The Morgan fingerprint density at radius 1 is 1.36 bits per heavy atom. The maximum Gasteiger partial charge on any atom is 1.00 e. The molecule has 0 unspecified atom stereocenters. The van der Waals surface area contributed by atoms with Crippen LogP contribution < -0.4 is 62.6 Å². The Labute approximate surface area is 119 Å². The molecule has 0 aliphatic rings. The molecule has 0 fully saturated rings. The minimum atomic E-state index is -5.07. The predicted molar refractivity (Wildman–Crippen MR) is 40.4 cm³/mol. The van der Waals surface area contributed by atoms with E-state index in [1.165, 1.54) is 0 Å². The molecule has 0 aliphatic heterocycles.